The van der Waals surface area contributed by atoms with Crippen molar-refractivity contribution >= 4 is 11.5 Å². The molecule has 0 aliphatic rings. The van der Waals surface area contributed by atoms with Crippen molar-refractivity contribution in [3.8, 4) is 5.75 Å². The van der Waals surface area contributed by atoms with Crippen LogP contribution in [0.2, 0.25) is 0 Å². The first-order valence-electron chi connectivity index (χ1n) is 5.50. The van der Waals surface area contributed by atoms with E-state index in [1.807, 2.05) is 29.6 Å². The van der Waals surface area contributed by atoms with Crippen molar-refractivity contribution in [3.05, 3.63) is 40.9 Å². The van der Waals surface area contributed by atoms with Gasteiger partial charge in [-0.2, -0.15) is 0 Å². The molecule has 5 heteroatoms. The van der Waals surface area contributed by atoms with Gasteiger partial charge in [-0.05, 0) is 24.1 Å². The third-order valence-electron chi connectivity index (χ3n) is 2.53. The maximum absolute atomic E-state index is 5.39. The first-order valence-corrected chi connectivity index (χ1v) is 6.33. The summed E-state index contributed by atoms with van der Waals surface area (Å²) in [7, 11) is 1.68. The molecule has 4 nitrogen and oxygen atoms in total. The number of nitrogens with zero attached hydrogens (tertiary/aromatic N) is 2. The summed E-state index contributed by atoms with van der Waals surface area (Å²) >= 11 is 1.36. The lowest BCUT2D eigenvalue weighted by atomic mass is 10.0. The molecule has 0 radical (unpaired) electrons. The molecule has 1 heterocycles. The number of nitrogens with one attached hydrogen (secondary N) is 1. The number of hydrogen-bond acceptors (Lipinski definition) is 5. The van der Waals surface area contributed by atoms with E-state index in [-0.39, 0.29) is 6.04 Å². The van der Waals surface area contributed by atoms with Crippen LogP contribution in [0.25, 0.3) is 0 Å². The van der Waals surface area contributed by atoms with Crippen LogP contribution in [0.3, 0.4) is 0 Å². The zero-order valence-electron chi connectivity index (χ0n) is 9.88. The smallest absolute Gasteiger partial charge is 0.124 e. The van der Waals surface area contributed by atoms with Crippen LogP contribution in [-0.2, 0) is 0 Å². The third-order valence-corrected chi connectivity index (χ3v) is 3.05. The van der Waals surface area contributed by atoms with Gasteiger partial charge in [-0.1, -0.05) is 29.6 Å². The van der Waals surface area contributed by atoms with Crippen molar-refractivity contribution in [2.75, 3.05) is 13.7 Å². The van der Waals surface area contributed by atoms with E-state index in [9.17, 15) is 0 Å². The van der Waals surface area contributed by atoms with Gasteiger partial charge in [0.1, 0.15) is 5.75 Å². The van der Waals surface area contributed by atoms with E-state index >= 15 is 0 Å². The molecule has 0 saturated carbocycles. The summed E-state index contributed by atoms with van der Waals surface area (Å²) in [5, 5.41) is 9.50. The van der Waals surface area contributed by atoms with Crippen molar-refractivity contribution in [2.45, 2.75) is 13.0 Å². The zero-order chi connectivity index (χ0) is 12.1. The number of aromatic nitrogens is 2. The molecule has 0 bridgehead atoms. The van der Waals surface area contributed by atoms with Gasteiger partial charge in [0.15, 0.2) is 0 Å². The van der Waals surface area contributed by atoms with Gasteiger partial charge in [0.2, 0.25) is 0 Å². The molecule has 2 aromatic rings. The standard InChI is InChI=1S/C12H15N3OS/c1-3-13-12(10-8-17-15-14-10)9-6-4-5-7-11(9)16-2/h4-8,12-13H,3H2,1-2H3. The molecule has 0 spiro atoms. The van der Waals surface area contributed by atoms with Gasteiger partial charge in [-0.25, -0.2) is 0 Å². The summed E-state index contributed by atoms with van der Waals surface area (Å²) in [5.41, 5.74) is 2.02. The number of rotatable bonds is 5. The summed E-state index contributed by atoms with van der Waals surface area (Å²) in [4.78, 5) is 0. The van der Waals surface area contributed by atoms with Crippen molar-refractivity contribution < 1.29 is 4.74 Å². The van der Waals surface area contributed by atoms with E-state index in [4.69, 9.17) is 4.74 Å². The molecule has 0 aliphatic carbocycles. The number of methoxy groups -OCH3 is 1. The molecule has 2 rings (SSSR count). The van der Waals surface area contributed by atoms with Crippen LogP contribution in [0.5, 0.6) is 5.75 Å². The van der Waals surface area contributed by atoms with Crippen LogP contribution in [0.4, 0.5) is 0 Å². The van der Waals surface area contributed by atoms with Crippen molar-refractivity contribution in [3.63, 3.8) is 0 Å². The molecule has 1 unspecified atom stereocenters. The predicted octanol–water partition coefficient (Wildman–Crippen LogP) is 2.25. The third kappa shape index (κ3) is 2.62. The number of ether oxygens (including phenoxy) is 1. The average molecular weight is 249 g/mol. The summed E-state index contributed by atoms with van der Waals surface area (Å²) in [6, 6.07) is 8.01. The highest BCUT2D eigenvalue weighted by molar-refractivity contribution is 7.03. The van der Waals surface area contributed by atoms with Crippen LogP contribution < -0.4 is 10.1 Å². The van der Waals surface area contributed by atoms with E-state index in [0.717, 1.165) is 23.6 Å². The highest BCUT2D eigenvalue weighted by Gasteiger charge is 2.19. The lowest BCUT2D eigenvalue weighted by Crippen LogP contribution is -2.22. The van der Waals surface area contributed by atoms with Crippen LogP contribution in [0, 0.1) is 0 Å². The number of hydrogen-bond donors (Lipinski definition) is 1. The Morgan fingerprint density at radius 3 is 2.88 bits per heavy atom. The minimum absolute atomic E-state index is 0.0369. The quantitative estimate of drug-likeness (QED) is 0.883. The summed E-state index contributed by atoms with van der Waals surface area (Å²) in [6.07, 6.45) is 0. The topological polar surface area (TPSA) is 47.0 Å². The van der Waals surface area contributed by atoms with Crippen LogP contribution >= 0.6 is 11.5 Å². The van der Waals surface area contributed by atoms with Gasteiger partial charge in [0.25, 0.3) is 0 Å². The van der Waals surface area contributed by atoms with Crippen LogP contribution in [0.15, 0.2) is 29.6 Å². The zero-order valence-corrected chi connectivity index (χ0v) is 10.7. The van der Waals surface area contributed by atoms with E-state index in [1.165, 1.54) is 11.5 Å². The molecule has 1 aromatic carbocycles. The fourth-order valence-corrected chi connectivity index (χ4v) is 2.26. The highest BCUT2D eigenvalue weighted by atomic mass is 32.1. The molecule has 1 atom stereocenters. The number of para-hydroxylation sites is 1. The van der Waals surface area contributed by atoms with Gasteiger partial charge in [-0.15, -0.1) is 5.10 Å². The fraction of sp³-hybridized carbons (Fsp3) is 0.333. The van der Waals surface area contributed by atoms with Crippen LogP contribution in [-0.4, -0.2) is 23.2 Å². The monoisotopic (exact) mass is 249 g/mol. The Balaban J connectivity index is 2.39. The second kappa shape index (κ2) is 5.75. The fourth-order valence-electron chi connectivity index (χ4n) is 1.78. The molecular weight excluding hydrogens is 234 g/mol. The Labute approximate surface area is 105 Å². The predicted molar refractivity (Wildman–Crippen MR) is 68.4 cm³/mol. The first-order chi connectivity index (χ1) is 8.36. The Morgan fingerprint density at radius 2 is 2.24 bits per heavy atom. The van der Waals surface area contributed by atoms with Gasteiger partial charge in [-0.3, -0.25) is 0 Å². The minimum Gasteiger partial charge on any atom is -0.496 e. The van der Waals surface area contributed by atoms with Crippen molar-refractivity contribution in [2.24, 2.45) is 0 Å². The van der Waals surface area contributed by atoms with E-state index < -0.39 is 0 Å². The summed E-state index contributed by atoms with van der Waals surface area (Å²) in [6.45, 7) is 2.93. The Hall–Kier alpha value is -1.46. The largest absolute Gasteiger partial charge is 0.496 e. The lowest BCUT2D eigenvalue weighted by molar-refractivity contribution is 0.404. The second-order valence-electron chi connectivity index (χ2n) is 3.56. The van der Waals surface area contributed by atoms with E-state index in [0.29, 0.717) is 0 Å². The molecule has 0 aliphatic heterocycles. The molecule has 0 saturated heterocycles. The van der Waals surface area contributed by atoms with E-state index in [2.05, 4.69) is 21.8 Å². The lowest BCUT2D eigenvalue weighted by Gasteiger charge is -2.18. The maximum Gasteiger partial charge on any atom is 0.124 e. The Bertz CT molecular complexity index is 459. The summed E-state index contributed by atoms with van der Waals surface area (Å²) < 4.78 is 9.30. The van der Waals surface area contributed by atoms with Gasteiger partial charge < -0.3 is 10.1 Å². The Morgan fingerprint density at radius 1 is 1.41 bits per heavy atom. The van der Waals surface area contributed by atoms with Crippen molar-refractivity contribution in [1.82, 2.24) is 14.9 Å². The SMILES string of the molecule is CCNC(c1csnn1)c1ccccc1OC. The second-order valence-corrected chi connectivity index (χ2v) is 4.17. The highest BCUT2D eigenvalue weighted by Crippen LogP contribution is 2.28. The van der Waals surface area contributed by atoms with Crippen molar-refractivity contribution in [1.29, 1.82) is 0 Å². The minimum atomic E-state index is 0.0369. The average Bonchev–Trinajstić information content (AvgIpc) is 2.89. The molecule has 0 fully saturated rings. The molecule has 90 valence electrons. The summed E-state index contributed by atoms with van der Waals surface area (Å²) in [5.74, 6) is 0.867. The molecule has 17 heavy (non-hydrogen) atoms. The van der Waals surface area contributed by atoms with Gasteiger partial charge in [0.05, 0.1) is 18.8 Å². The van der Waals surface area contributed by atoms with E-state index in [1.54, 1.807) is 7.11 Å². The molecule has 1 N–H and O–H groups in total. The van der Waals surface area contributed by atoms with Crippen LogP contribution in [0.1, 0.15) is 24.2 Å². The molecule has 1 aromatic heterocycles. The van der Waals surface area contributed by atoms with Gasteiger partial charge in [0, 0.05) is 10.9 Å². The van der Waals surface area contributed by atoms with Gasteiger partial charge >= 0.3 is 0 Å². The molecule has 0 amide bonds. The maximum atomic E-state index is 5.39. The molecular formula is C12H15N3OS. The first kappa shape index (κ1) is 12.0. The number of benzene rings is 1. The Kier molecular flexibility index (Phi) is 4.06. The normalized spacial score (nSPS) is 12.4.